The van der Waals surface area contributed by atoms with Gasteiger partial charge in [0.2, 0.25) is 0 Å². The summed E-state index contributed by atoms with van der Waals surface area (Å²) in [5.41, 5.74) is -1.23. The fourth-order valence-corrected chi connectivity index (χ4v) is 2.19. The van der Waals surface area contributed by atoms with Gasteiger partial charge in [0.25, 0.3) is 5.69 Å². The van der Waals surface area contributed by atoms with Gasteiger partial charge in [-0.2, -0.15) is 0 Å². The van der Waals surface area contributed by atoms with Crippen LogP contribution in [-0.2, 0) is 9.59 Å². The molecule has 0 N–H and O–H groups in total. The fraction of sp³-hybridized carbons (Fsp3) is 0.0625. The smallest absolute Gasteiger partial charge is 0.274 e. The predicted octanol–water partition coefficient (Wildman–Crippen LogP) is -0.591. The molecule has 8 nitrogen and oxygen atoms in total. The highest BCUT2D eigenvalue weighted by Gasteiger charge is 2.26. The summed E-state index contributed by atoms with van der Waals surface area (Å²) in [4.78, 5) is 44.3. The van der Waals surface area contributed by atoms with Crippen molar-refractivity contribution in [3.05, 3.63) is 75.3 Å². The number of carboxylic acids is 2. The Bertz CT molecular complexity index is 816. The molecule has 0 aliphatic heterocycles. The highest BCUT2D eigenvalue weighted by atomic mass is 16.6. The summed E-state index contributed by atoms with van der Waals surface area (Å²) >= 11 is 0. The number of ketones is 1. The standard InChI is InChI=1S/C16H11NO7/c18-14(9-4-2-1-3-5-9)10-6-7-11(12(8-10)17(23)24)13(15(19)20)16(21)22/h1-8,13H,(H,19,20)(H,21,22)/p-2. The number of carbonyl (C=O) groups is 3. The van der Waals surface area contributed by atoms with E-state index in [2.05, 4.69) is 0 Å². The van der Waals surface area contributed by atoms with Crippen molar-refractivity contribution < 1.29 is 29.5 Å². The van der Waals surface area contributed by atoms with Crippen LogP contribution in [0.5, 0.6) is 0 Å². The molecule has 2 rings (SSSR count). The van der Waals surface area contributed by atoms with Crippen LogP contribution < -0.4 is 10.2 Å². The van der Waals surface area contributed by atoms with E-state index in [0.717, 1.165) is 18.2 Å². The Kier molecular flexibility index (Phi) is 4.69. The highest BCUT2D eigenvalue weighted by molar-refractivity contribution is 6.09. The van der Waals surface area contributed by atoms with Crippen LogP contribution in [0.4, 0.5) is 5.69 Å². The van der Waals surface area contributed by atoms with Gasteiger partial charge in [-0.05, 0) is 0 Å². The number of hydrogen-bond donors (Lipinski definition) is 0. The summed E-state index contributed by atoms with van der Waals surface area (Å²) in [5, 5.41) is 33.0. The van der Waals surface area contributed by atoms with Crippen molar-refractivity contribution in [3.8, 4) is 0 Å². The molecule has 2 aromatic carbocycles. The fourth-order valence-electron chi connectivity index (χ4n) is 2.19. The molecule has 0 radical (unpaired) electrons. The SMILES string of the molecule is O=C(c1ccccc1)c1ccc(C(C(=O)[O-])C(=O)[O-])c([N+](=O)[O-])c1. The molecular weight excluding hydrogens is 318 g/mol. The van der Waals surface area contributed by atoms with Crippen LogP contribution in [0, 0.1) is 10.1 Å². The van der Waals surface area contributed by atoms with E-state index in [9.17, 15) is 34.7 Å². The summed E-state index contributed by atoms with van der Waals surface area (Å²) in [7, 11) is 0. The summed E-state index contributed by atoms with van der Waals surface area (Å²) in [6.07, 6.45) is 0. The Morgan fingerprint density at radius 3 is 1.96 bits per heavy atom. The second-order valence-electron chi connectivity index (χ2n) is 4.80. The van der Waals surface area contributed by atoms with Gasteiger partial charge in [0.1, 0.15) is 0 Å². The Morgan fingerprint density at radius 1 is 0.875 bits per heavy atom. The van der Waals surface area contributed by atoms with E-state index in [1.165, 1.54) is 12.1 Å². The van der Waals surface area contributed by atoms with E-state index in [1.54, 1.807) is 18.2 Å². The molecule has 0 saturated carbocycles. The van der Waals surface area contributed by atoms with E-state index in [1.807, 2.05) is 0 Å². The van der Waals surface area contributed by atoms with Crippen molar-refractivity contribution in [1.29, 1.82) is 0 Å². The van der Waals surface area contributed by atoms with Crippen LogP contribution in [0.2, 0.25) is 0 Å². The number of carboxylic acid groups (broad SMARTS) is 2. The molecule has 0 saturated heterocycles. The van der Waals surface area contributed by atoms with Crippen LogP contribution in [-0.4, -0.2) is 22.6 Å². The minimum Gasteiger partial charge on any atom is -0.549 e. The molecular formula is C16H9NO7-2. The number of nitro groups is 1. The van der Waals surface area contributed by atoms with Gasteiger partial charge < -0.3 is 19.8 Å². The van der Waals surface area contributed by atoms with Crippen molar-refractivity contribution in [3.63, 3.8) is 0 Å². The third kappa shape index (κ3) is 3.27. The first-order valence-electron chi connectivity index (χ1n) is 6.62. The first-order valence-corrected chi connectivity index (χ1v) is 6.62. The molecule has 2 aromatic rings. The first-order chi connectivity index (χ1) is 11.3. The quantitative estimate of drug-likeness (QED) is 0.299. The van der Waals surface area contributed by atoms with Crippen molar-refractivity contribution in [2.45, 2.75) is 5.92 Å². The lowest BCUT2D eigenvalue weighted by Gasteiger charge is -2.19. The second-order valence-corrected chi connectivity index (χ2v) is 4.80. The van der Waals surface area contributed by atoms with Crippen molar-refractivity contribution in [2.24, 2.45) is 0 Å². The molecule has 24 heavy (non-hydrogen) atoms. The lowest BCUT2D eigenvalue weighted by Crippen LogP contribution is -2.41. The van der Waals surface area contributed by atoms with E-state index in [4.69, 9.17) is 0 Å². The van der Waals surface area contributed by atoms with E-state index in [0.29, 0.717) is 0 Å². The topological polar surface area (TPSA) is 140 Å². The largest absolute Gasteiger partial charge is 0.549 e. The van der Waals surface area contributed by atoms with Crippen molar-refractivity contribution in [2.75, 3.05) is 0 Å². The Morgan fingerprint density at radius 2 is 1.46 bits per heavy atom. The number of carbonyl (C=O) groups excluding carboxylic acids is 3. The number of hydrogen-bond acceptors (Lipinski definition) is 7. The molecule has 0 spiro atoms. The summed E-state index contributed by atoms with van der Waals surface area (Å²) in [5.74, 6) is -6.92. The van der Waals surface area contributed by atoms with E-state index >= 15 is 0 Å². The first kappa shape index (κ1) is 16.8. The van der Waals surface area contributed by atoms with Crippen LogP contribution in [0.25, 0.3) is 0 Å². The van der Waals surface area contributed by atoms with Gasteiger partial charge in [0.05, 0.1) is 22.8 Å². The molecule has 0 unspecified atom stereocenters. The third-order valence-electron chi connectivity index (χ3n) is 3.31. The summed E-state index contributed by atoms with van der Waals surface area (Å²) < 4.78 is 0. The number of benzene rings is 2. The molecule has 8 heteroatoms. The monoisotopic (exact) mass is 327 g/mol. The zero-order valence-corrected chi connectivity index (χ0v) is 12.0. The average molecular weight is 327 g/mol. The number of aliphatic carboxylic acids is 2. The maximum atomic E-state index is 12.3. The number of nitro benzene ring substituents is 1. The number of nitrogens with zero attached hydrogens (tertiary/aromatic N) is 1. The molecule has 122 valence electrons. The van der Waals surface area contributed by atoms with Gasteiger partial charge in [0.15, 0.2) is 5.78 Å². The third-order valence-corrected chi connectivity index (χ3v) is 3.31. The molecule has 0 aliphatic rings. The molecule has 0 heterocycles. The molecule has 0 fully saturated rings. The number of rotatable bonds is 6. The van der Waals surface area contributed by atoms with Gasteiger partial charge in [-0.3, -0.25) is 14.9 Å². The second kappa shape index (κ2) is 6.69. The van der Waals surface area contributed by atoms with Gasteiger partial charge >= 0.3 is 0 Å². The van der Waals surface area contributed by atoms with Gasteiger partial charge in [-0.25, -0.2) is 0 Å². The predicted molar refractivity (Wildman–Crippen MR) is 75.7 cm³/mol. The summed E-state index contributed by atoms with van der Waals surface area (Å²) in [6.45, 7) is 0. The minimum atomic E-state index is -2.31. The maximum absolute atomic E-state index is 12.3. The maximum Gasteiger partial charge on any atom is 0.274 e. The molecule has 0 atom stereocenters. The minimum absolute atomic E-state index is 0.0768. The van der Waals surface area contributed by atoms with Crippen LogP contribution in [0.15, 0.2) is 48.5 Å². The Balaban J connectivity index is 2.55. The molecule has 0 bridgehead atoms. The van der Waals surface area contributed by atoms with Gasteiger partial charge in [-0.15, -0.1) is 0 Å². The zero-order chi connectivity index (χ0) is 17.9. The Hall–Kier alpha value is -3.55. The summed E-state index contributed by atoms with van der Waals surface area (Å²) in [6, 6.07) is 10.8. The average Bonchev–Trinajstić information content (AvgIpc) is 2.54. The van der Waals surface area contributed by atoms with Crippen LogP contribution in [0.3, 0.4) is 0 Å². The lowest BCUT2D eigenvalue weighted by molar-refractivity contribution is -0.386. The zero-order valence-electron chi connectivity index (χ0n) is 12.0. The van der Waals surface area contributed by atoms with Crippen molar-refractivity contribution in [1.82, 2.24) is 0 Å². The highest BCUT2D eigenvalue weighted by Crippen LogP contribution is 2.28. The lowest BCUT2D eigenvalue weighted by atomic mass is 9.94. The molecule has 0 aromatic heterocycles. The Labute approximate surface area is 135 Å². The van der Waals surface area contributed by atoms with Crippen molar-refractivity contribution >= 4 is 23.4 Å². The normalized spacial score (nSPS) is 10.4. The van der Waals surface area contributed by atoms with Gasteiger partial charge in [-0.1, -0.05) is 42.5 Å². The molecule has 0 aliphatic carbocycles. The van der Waals surface area contributed by atoms with Crippen LogP contribution in [0.1, 0.15) is 27.4 Å². The van der Waals surface area contributed by atoms with E-state index < -0.39 is 39.8 Å². The van der Waals surface area contributed by atoms with Gasteiger partial charge in [0, 0.05) is 22.8 Å². The molecule has 0 amide bonds. The van der Waals surface area contributed by atoms with Crippen LogP contribution >= 0.6 is 0 Å². The van der Waals surface area contributed by atoms with E-state index in [-0.39, 0.29) is 11.1 Å².